The maximum Gasteiger partial charge on any atom is 0.274 e. The third-order valence-corrected chi connectivity index (χ3v) is 4.15. The van der Waals surface area contributed by atoms with E-state index in [0.29, 0.717) is 12.2 Å². The average Bonchev–Trinajstić information content (AvgIpc) is 2.72. The Morgan fingerprint density at radius 1 is 0.929 bits per heavy atom. The molecule has 0 saturated heterocycles. The maximum absolute atomic E-state index is 13.1. The Morgan fingerprint density at radius 3 is 2.21 bits per heavy atom. The number of nitrogens with two attached hydrogens (primary N) is 1. The highest BCUT2D eigenvalue weighted by Gasteiger charge is 2.19. The molecular formula is C21H20N4O3. The van der Waals surface area contributed by atoms with Crippen molar-refractivity contribution in [3.8, 4) is 5.69 Å². The van der Waals surface area contributed by atoms with Gasteiger partial charge in [0.05, 0.1) is 5.69 Å². The Balaban J connectivity index is 1.91. The van der Waals surface area contributed by atoms with Gasteiger partial charge in [0, 0.05) is 25.6 Å². The summed E-state index contributed by atoms with van der Waals surface area (Å²) in [7, 11) is 0. The summed E-state index contributed by atoms with van der Waals surface area (Å²) in [6, 6.07) is 21.0. The van der Waals surface area contributed by atoms with Crippen LogP contribution in [-0.2, 0) is 11.3 Å². The number of para-hydroxylation sites is 1. The van der Waals surface area contributed by atoms with Crippen LogP contribution in [-0.4, -0.2) is 33.0 Å². The van der Waals surface area contributed by atoms with Gasteiger partial charge in [0.2, 0.25) is 5.91 Å². The third-order valence-electron chi connectivity index (χ3n) is 4.15. The van der Waals surface area contributed by atoms with Crippen LogP contribution in [0.3, 0.4) is 0 Å². The number of nitrogens with zero attached hydrogens (tertiary/aromatic N) is 3. The second kappa shape index (κ2) is 8.77. The predicted octanol–water partition coefficient (Wildman–Crippen LogP) is 1.75. The van der Waals surface area contributed by atoms with Crippen molar-refractivity contribution in [1.82, 2.24) is 14.7 Å². The van der Waals surface area contributed by atoms with Gasteiger partial charge in [-0.3, -0.25) is 14.4 Å². The summed E-state index contributed by atoms with van der Waals surface area (Å²) in [5.74, 6) is -0.872. The lowest BCUT2D eigenvalue weighted by atomic mass is 10.2. The fourth-order valence-corrected chi connectivity index (χ4v) is 2.74. The van der Waals surface area contributed by atoms with E-state index in [1.54, 1.807) is 24.3 Å². The zero-order valence-corrected chi connectivity index (χ0v) is 15.2. The molecule has 0 fully saturated rings. The second-order valence-corrected chi connectivity index (χ2v) is 6.23. The smallest absolute Gasteiger partial charge is 0.274 e. The molecule has 7 heteroatoms. The number of benzene rings is 2. The van der Waals surface area contributed by atoms with Crippen LogP contribution in [0.5, 0.6) is 0 Å². The Morgan fingerprint density at radius 2 is 1.57 bits per heavy atom. The topological polar surface area (TPSA) is 98.3 Å². The summed E-state index contributed by atoms with van der Waals surface area (Å²) in [6.45, 7) is 0.467. The maximum atomic E-state index is 13.1. The van der Waals surface area contributed by atoms with E-state index in [2.05, 4.69) is 5.10 Å². The quantitative estimate of drug-likeness (QED) is 0.679. The third kappa shape index (κ3) is 4.70. The van der Waals surface area contributed by atoms with E-state index < -0.39 is 5.91 Å². The van der Waals surface area contributed by atoms with Crippen molar-refractivity contribution in [2.45, 2.75) is 13.0 Å². The van der Waals surface area contributed by atoms with E-state index in [0.717, 1.165) is 5.56 Å². The van der Waals surface area contributed by atoms with Gasteiger partial charge in [-0.25, -0.2) is 0 Å². The molecule has 28 heavy (non-hydrogen) atoms. The van der Waals surface area contributed by atoms with Gasteiger partial charge in [-0.15, -0.1) is 0 Å². The minimum absolute atomic E-state index is 0.0386. The molecule has 7 nitrogen and oxygen atoms in total. The van der Waals surface area contributed by atoms with E-state index in [1.165, 1.54) is 21.7 Å². The van der Waals surface area contributed by atoms with Crippen LogP contribution in [0.25, 0.3) is 5.69 Å². The Bertz CT molecular complexity index is 1020. The Hall–Kier alpha value is -3.74. The van der Waals surface area contributed by atoms with Gasteiger partial charge < -0.3 is 10.6 Å². The molecule has 0 aliphatic carbocycles. The molecule has 142 valence electrons. The number of hydrogen-bond acceptors (Lipinski definition) is 4. The number of primary amides is 1. The number of rotatable bonds is 7. The zero-order valence-electron chi connectivity index (χ0n) is 15.2. The van der Waals surface area contributed by atoms with Crippen LogP contribution in [0.2, 0.25) is 0 Å². The lowest BCUT2D eigenvalue weighted by Gasteiger charge is -2.22. The molecule has 1 aromatic heterocycles. The molecule has 2 aromatic carbocycles. The molecule has 2 N–H and O–H groups in total. The molecule has 1 heterocycles. The normalized spacial score (nSPS) is 10.4. The molecule has 0 radical (unpaired) electrons. The molecule has 2 amide bonds. The van der Waals surface area contributed by atoms with Crippen LogP contribution >= 0.6 is 0 Å². The van der Waals surface area contributed by atoms with Crippen LogP contribution in [0, 0.1) is 0 Å². The number of carbonyl (C=O) groups is 2. The number of carbonyl (C=O) groups excluding carboxylic acids is 2. The van der Waals surface area contributed by atoms with Crippen LogP contribution in [0.4, 0.5) is 0 Å². The van der Waals surface area contributed by atoms with Gasteiger partial charge in [-0.2, -0.15) is 9.78 Å². The second-order valence-electron chi connectivity index (χ2n) is 6.23. The van der Waals surface area contributed by atoms with Crippen molar-refractivity contribution in [2.75, 3.05) is 6.54 Å². The Labute approximate surface area is 162 Å². The van der Waals surface area contributed by atoms with E-state index in [-0.39, 0.29) is 30.1 Å². The minimum atomic E-state index is -0.493. The van der Waals surface area contributed by atoms with Crippen molar-refractivity contribution < 1.29 is 9.59 Å². The molecule has 3 aromatic rings. The highest BCUT2D eigenvalue weighted by molar-refractivity contribution is 5.92. The van der Waals surface area contributed by atoms with Crippen molar-refractivity contribution >= 4 is 11.8 Å². The molecule has 0 atom stereocenters. The first-order valence-electron chi connectivity index (χ1n) is 8.82. The first-order chi connectivity index (χ1) is 13.5. The summed E-state index contributed by atoms with van der Waals surface area (Å²) >= 11 is 0. The van der Waals surface area contributed by atoms with Gasteiger partial charge in [0.1, 0.15) is 5.69 Å². The van der Waals surface area contributed by atoms with E-state index >= 15 is 0 Å². The lowest BCUT2D eigenvalue weighted by molar-refractivity contribution is -0.118. The monoisotopic (exact) mass is 376 g/mol. The van der Waals surface area contributed by atoms with Crippen LogP contribution in [0.15, 0.2) is 77.6 Å². The van der Waals surface area contributed by atoms with Gasteiger partial charge in [0.15, 0.2) is 0 Å². The minimum Gasteiger partial charge on any atom is -0.370 e. The first-order valence-corrected chi connectivity index (χ1v) is 8.82. The summed E-state index contributed by atoms with van der Waals surface area (Å²) in [4.78, 5) is 38.0. The lowest BCUT2D eigenvalue weighted by Crippen LogP contribution is -2.35. The van der Waals surface area contributed by atoms with Crippen molar-refractivity contribution in [3.63, 3.8) is 0 Å². The van der Waals surface area contributed by atoms with E-state index in [4.69, 9.17) is 5.73 Å². The number of aromatic nitrogens is 2. The fourth-order valence-electron chi connectivity index (χ4n) is 2.74. The highest BCUT2D eigenvalue weighted by Crippen LogP contribution is 2.10. The van der Waals surface area contributed by atoms with Crippen molar-refractivity contribution in [3.05, 3.63) is 94.4 Å². The van der Waals surface area contributed by atoms with Gasteiger partial charge in [-0.1, -0.05) is 48.5 Å². The molecule has 0 spiro atoms. The summed E-state index contributed by atoms with van der Waals surface area (Å²) in [6.07, 6.45) is 0.0386. The average molecular weight is 376 g/mol. The fraction of sp³-hybridized carbons (Fsp3) is 0.143. The summed E-state index contributed by atoms with van der Waals surface area (Å²) in [5, 5.41) is 4.23. The van der Waals surface area contributed by atoms with Crippen LogP contribution in [0.1, 0.15) is 22.5 Å². The molecule has 0 saturated carbocycles. The highest BCUT2D eigenvalue weighted by atomic mass is 16.2. The molecule has 0 aliphatic rings. The SMILES string of the molecule is NC(=O)CCN(Cc1ccccc1)C(=O)c1ccc(=O)n(-c2ccccc2)n1. The molecule has 0 unspecified atom stereocenters. The van der Waals surface area contributed by atoms with Crippen molar-refractivity contribution in [2.24, 2.45) is 5.73 Å². The predicted molar refractivity (Wildman–Crippen MR) is 105 cm³/mol. The number of amides is 2. The van der Waals surface area contributed by atoms with E-state index in [9.17, 15) is 14.4 Å². The van der Waals surface area contributed by atoms with Crippen LogP contribution < -0.4 is 11.3 Å². The molecular weight excluding hydrogens is 356 g/mol. The van der Waals surface area contributed by atoms with Gasteiger partial charge in [0.25, 0.3) is 11.5 Å². The largest absolute Gasteiger partial charge is 0.370 e. The zero-order chi connectivity index (χ0) is 19.9. The molecule has 3 rings (SSSR count). The van der Waals surface area contributed by atoms with Gasteiger partial charge >= 0.3 is 0 Å². The van der Waals surface area contributed by atoms with Gasteiger partial charge in [-0.05, 0) is 23.8 Å². The first kappa shape index (κ1) is 19.0. The molecule has 0 bridgehead atoms. The number of hydrogen-bond donors (Lipinski definition) is 1. The van der Waals surface area contributed by atoms with E-state index in [1.807, 2.05) is 36.4 Å². The summed E-state index contributed by atoms with van der Waals surface area (Å²) < 4.78 is 1.18. The Kier molecular flexibility index (Phi) is 5.96. The summed E-state index contributed by atoms with van der Waals surface area (Å²) in [5.41, 5.74) is 6.51. The molecule has 0 aliphatic heterocycles. The standard InChI is InChI=1S/C21H20N4O3/c22-19(26)13-14-24(15-16-7-3-1-4-8-16)21(28)18-11-12-20(27)25(23-18)17-9-5-2-6-10-17/h1-12H,13-15H2,(H2,22,26). The van der Waals surface area contributed by atoms with Crippen molar-refractivity contribution in [1.29, 1.82) is 0 Å².